The van der Waals surface area contributed by atoms with Crippen LogP contribution in [-0.2, 0) is 0 Å². The van der Waals surface area contributed by atoms with E-state index in [4.69, 9.17) is 0 Å². The van der Waals surface area contributed by atoms with E-state index in [0.29, 0.717) is 0 Å². The van der Waals surface area contributed by atoms with Crippen molar-refractivity contribution in [2.45, 2.75) is 109 Å². The van der Waals surface area contributed by atoms with Gasteiger partial charge in [0.05, 0.1) is 46.7 Å². The summed E-state index contributed by atoms with van der Waals surface area (Å²) >= 11 is 0. The summed E-state index contributed by atoms with van der Waals surface area (Å²) in [7, 11) is 10.3. The van der Waals surface area contributed by atoms with Crippen molar-refractivity contribution in [3.8, 4) is 0 Å². The van der Waals surface area contributed by atoms with Gasteiger partial charge in [-0.15, -0.1) is 0 Å². The van der Waals surface area contributed by atoms with E-state index in [2.05, 4.69) is 35.1 Å². The molecule has 0 aromatic carbocycles. The summed E-state index contributed by atoms with van der Waals surface area (Å²) in [6.07, 6.45) is 19.5. The summed E-state index contributed by atoms with van der Waals surface area (Å²) in [4.78, 5) is 0. The van der Waals surface area contributed by atoms with Gasteiger partial charge in [0.15, 0.2) is 0 Å². The Bertz CT molecular complexity index is 306. The van der Waals surface area contributed by atoms with Crippen LogP contribution in [-0.4, -0.2) is 55.4 Å². The molecule has 0 unspecified atom stereocenters. The third-order valence-electron chi connectivity index (χ3n) is 7.38. The lowest BCUT2D eigenvalue weighted by Crippen LogP contribution is -2.70. The molecule has 2 aliphatic rings. The number of quaternary nitrogens is 2. The van der Waals surface area contributed by atoms with Crippen LogP contribution in [0, 0.1) is 0 Å². The van der Waals surface area contributed by atoms with E-state index in [1.807, 2.05) is 0 Å². The first-order chi connectivity index (χ1) is 10.9. The molecule has 0 saturated heterocycles. The normalized spacial score (nSPS) is 22.7. The largest absolute Gasteiger partial charge is 0.277 e. The van der Waals surface area contributed by atoms with Crippen LogP contribution in [0.25, 0.3) is 0 Å². The van der Waals surface area contributed by atoms with Gasteiger partial charge >= 0.3 is 0 Å². The van der Waals surface area contributed by atoms with Gasteiger partial charge in [0.2, 0.25) is 6.17 Å². The maximum absolute atomic E-state index is 2.57. The van der Waals surface area contributed by atoms with Crippen LogP contribution >= 0.6 is 0 Å². The highest BCUT2D eigenvalue weighted by Gasteiger charge is 2.48. The van der Waals surface area contributed by atoms with E-state index in [-0.39, 0.29) is 0 Å². The maximum Gasteiger partial charge on any atom is 0.216 e. The number of unbranched alkanes of at least 4 members (excludes halogenated alkanes) is 1. The Labute approximate surface area is 146 Å². The minimum absolute atomic E-state index is 0.779. The highest BCUT2D eigenvalue weighted by Crippen LogP contribution is 2.36. The van der Waals surface area contributed by atoms with Gasteiger partial charge in [-0.25, -0.2) is 0 Å². The molecule has 0 aromatic rings. The van der Waals surface area contributed by atoms with Gasteiger partial charge in [0, 0.05) is 0 Å². The molecule has 0 heterocycles. The van der Waals surface area contributed by atoms with Crippen molar-refractivity contribution in [2.24, 2.45) is 0 Å². The molecule has 2 aliphatic carbocycles. The van der Waals surface area contributed by atoms with Crippen LogP contribution in [0.5, 0.6) is 0 Å². The zero-order chi connectivity index (χ0) is 16.9. The molecule has 0 aliphatic heterocycles. The summed E-state index contributed by atoms with van der Waals surface area (Å²) in [6, 6.07) is 1.79. The average Bonchev–Trinajstić information content (AvgIpc) is 2.56. The maximum atomic E-state index is 2.57. The molecule has 136 valence electrons. The summed E-state index contributed by atoms with van der Waals surface area (Å²) in [5.41, 5.74) is 0. The molecule has 0 amide bonds. The fraction of sp³-hybridized carbons (Fsp3) is 1.00. The van der Waals surface area contributed by atoms with Gasteiger partial charge in [0.1, 0.15) is 0 Å². The van der Waals surface area contributed by atoms with Gasteiger partial charge in [-0.1, -0.05) is 26.2 Å². The molecule has 2 nitrogen and oxygen atoms in total. The van der Waals surface area contributed by atoms with Crippen molar-refractivity contribution in [1.29, 1.82) is 0 Å². The number of rotatable bonds is 7. The van der Waals surface area contributed by atoms with Crippen molar-refractivity contribution >= 4 is 0 Å². The van der Waals surface area contributed by atoms with Crippen LogP contribution < -0.4 is 0 Å². The second kappa shape index (κ2) is 8.34. The second-order valence-electron chi connectivity index (χ2n) is 9.46. The first-order valence-electron chi connectivity index (χ1n) is 10.6. The lowest BCUT2D eigenvalue weighted by molar-refractivity contribution is -1.12. The third-order valence-corrected chi connectivity index (χ3v) is 7.38. The Morgan fingerprint density at radius 1 is 0.696 bits per heavy atom. The van der Waals surface area contributed by atoms with E-state index in [1.165, 1.54) is 92.4 Å². The second-order valence-corrected chi connectivity index (χ2v) is 9.46. The zero-order valence-corrected chi connectivity index (χ0v) is 16.8. The molecule has 0 bridgehead atoms. The molecule has 2 saturated carbocycles. The van der Waals surface area contributed by atoms with Crippen molar-refractivity contribution < 1.29 is 8.97 Å². The SMILES string of the molecule is CCCCC([N+](C)(C)C1CCCCC1)[N+](C)(C)C1CCCCC1. The average molecular weight is 325 g/mol. The Morgan fingerprint density at radius 3 is 1.43 bits per heavy atom. The minimum atomic E-state index is 0.779. The fourth-order valence-corrected chi connectivity index (χ4v) is 5.80. The van der Waals surface area contributed by atoms with E-state index in [0.717, 1.165) is 18.2 Å². The molecule has 0 spiro atoms. The molecule has 0 radical (unpaired) electrons. The highest BCUT2D eigenvalue weighted by molar-refractivity contribution is 4.71. The van der Waals surface area contributed by atoms with Crippen LogP contribution in [0.3, 0.4) is 0 Å². The molecule has 0 atom stereocenters. The third kappa shape index (κ3) is 4.51. The quantitative estimate of drug-likeness (QED) is 0.439. The molecule has 0 N–H and O–H groups in total. The van der Waals surface area contributed by atoms with E-state index in [1.54, 1.807) is 0 Å². The van der Waals surface area contributed by atoms with Gasteiger partial charge in [0.25, 0.3) is 0 Å². The highest BCUT2D eigenvalue weighted by atomic mass is 15.5. The summed E-state index contributed by atoms with van der Waals surface area (Å²) in [5, 5.41) is 0. The Kier molecular flexibility index (Phi) is 6.98. The van der Waals surface area contributed by atoms with Crippen LogP contribution in [0.2, 0.25) is 0 Å². The first-order valence-corrected chi connectivity index (χ1v) is 10.6. The number of hydrogen-bond acceptors (Lipinski definition) is 0. The fourth-order valence-electron chi connectivity index (χ4n) is 5.80. The molecule has 2 fully saturated rings. The predicted octanol–water partition coefficient (Wildman–Crippen LogP) is 5.32. The van der Waals surface area contributed by atoms with Crippen molar-refractivity contribution in [3.63, 3.8) is 0 Å². The molecule has 23 heavy (non-hydrogen) atoms. The van der Waals surface area contributed by atoms with Gasteiger partial charge < -0.3 is 0 Å². The van der Waals surface area contributed by atoms with Crippen LogP contribution in [0.15, 0.2) is 0 Å². The summed E-state index contributed by atoms with van der Waals surface area (Å²) < 4.78 is 2.53. The van der Waals surface area contributed by atoms with Gasteiger partial charge in [-0.3, -0.25) is 8.97 Å². The zero-order valence-electron chi connectivity index (χ0n) is 16.8. The van der Waals surface area contributed by atoms with Crippen molar-refractivity contribution in [2.75, 3.05) is 28.2 Å². The Balaban J connectivity index is 2.19. The minimum Gasteiger partial charge on any atom is -0.277 e. The standard InChI is InChI=1S/C21H44N2/c1-6-7-18-21(22(2,3)19-14-10-8-11-15-19)23(4,5)20-16-12-9-13-17-20/h19-21H,6-18H2,1-5H3/q+2. The monoisotopic (exact) mass is 324 g/mol. The lowest BCUT2D eigenvalue weighted by Gasteiger charge is -2.54. The molecule has 2 rings (SSSR count). The Hall–Kier alpha value is -0.0800. The molecular formula is C21H44N2+2. The van der Waals surface area contributed by atoms with Crippen LogP contribution in [0.1, 0.15) is 90.4 Å². The number of hydrogen-bond donors (Lipinski definition) is 0. The molecule has 0 aromatic heterocycles. The van der Waals surface area contributed by atoms with E-state index in [9.17, 15) is 0 Å². The smallest absolute Gasteiger partial charge is 0.216 e. The van der Waals surface area contributed by atoms with Gasteiger partial charge in [-0.2, -0.15) is 0 Å². The lowest BCUT2D eigenvalue weighted by atomic mass is 9.89. The number of nitrogens with zero attached hydrogens (tertiary/aromatic N) is 2. The van der Waals surface area contributed by atoms with E-state index < -0.39 is 0 Å². The molecular weight excluding hydrogens is 280 g/mol. The van der Waals surface area contributed by atoms with Crippen molar-refractivity contribution in [1.82, 2.24) is 0 Å². The topological polar surface area (TPSA) is 0 Å². The van der Waals surface area contributed by atoms with Crippen LogP contribution in [0.4, 0.5) is 0 Å². The molecule has 2 heteroatoms. The van der Waals surface area contributed by atoms with Gasteiger partial charge in [-0.05, 0) is 57.8 Å². The first kappa shape index (κ1) is 19.2. The van der Waals surface area contributed by atoms with E-state index >= 15 is 0 Å². The summed E-state index contributed by atoms with van der Waals surface area (Å²) in [5.74, 6) is 0. The predicted molar refractivity (Wildman–Crippen MR) is 101 cm³/mol. The van der Waals surface area contributed by atoms with Crippen molar-refractivity contribution in [3.05, 3.63) is 0 Å². The Morgan fingerprint density at radius 2 is 1.09 bits per heavy atom. The summed E-state index contributed by atoms with van der Waals surface area (Å²) in [6.45, 7) is 2.36.